The van der Waals surface area contributed by atoms with E-state index in [2.05, 4.69) is 20.5 Å². The van der Waals surface area contributed by atoms with E-state index in [4.69, 9.17) is 9.47 Å². The van der Waals surface area contributed by atoms with Crippen LogP contribution in [0.4, 0.5) is 0 Å². The summed E-state index contributed by atoms with van der Waals surface area (Å²) in [5.41, 5.74) is 0.548. The molecule has 1 aliphatic rings. The molecule has 1 amide bonds. The number of H-pyrrole nitrogens is 1. The standard InChI is InChI=1S/C13H14N4O3/c18-13(14-4-3-12-15-8-16-17-12)9-1-2-10-11(7-9)20-6-5-19-10/h1-2,7-8H,3-6H2,(H,14,18)(H,15,16,17). The van der Waals surface area contributed by atoms with Gasteiger partial charge in [0.15, 0.2) is 11.5 Å². The number of ether oxygens (including phenoxy) is 2. The number of carbonyl (C=O) groups excluding carboxylic acids is 1. The summed E-state index contributed by atoms with van der Waals surface area (Å²) in [7, 11) is 0. The molecule has 0 saturated carbocycles. The maximum absolute atomic E-state index is 12.0. The lowest BCUT2D eigenvalue weighted by molar-refractivity contribution is 0.0952. The molecule has 0 radical (unpaired) electrons. The number of rotatable bonds is 4. The summed E-state index contributed by atoms with van der Waals surface area (Å²) < 4.78 is 10.9. The van der Waals surface area contributed by atoms with Crippen molar-refractivity contribution in [3.05, 3.63) is 35.9 Å². The highest BCUT2D eigenvalue weighted by Gasteiger charge is 2.14. The van der Waals surface area contributed by atoms with Crippen molar-refractivity contribution in [3.63, 3.8) is 0 Å². The van der Waals surface area contributed by atoms with Crippen LogP contribution in [0.3, 0.4) is 0 Å². The fraction of sp³-hybridized carbons (Fsp3) is 0.308. The van der Waals surface area contributed by atoms with Gasteiger partial charge in [-0.1, -0.05) is 0 Å². The third-order valence-electron chi connectivity index (χ3n) is 2.92. The number of nitrogens with one attached hydrogen (secondary N) is 2. The SMILES string of the molecule is O=C(NCCc1ncn[nH]1)c1ccc2c(c1)OCCO2. The average Bonchev–Trinajstić information content (AvgIpc) is 3.00. The van der Waals surface area contributed by atoms with Crippen LogP contribution in [0.25, 0.3) is 0 Å². The zero-order chi connectivity index (χ0) is 13.8. The number of aromatic amines is 1. The minimum Gasteiger partial charge on any atom is -0.486 e. The second kappa shape index (κ2) is 5.60. The molecular weight excluding hydrogens is 260 g/mol. The normalized spacial score (nSPS) is 13.0. The van der Waals surface area contributed by atoms with E-state index in [1.165, 1.54) is 6.33 Å². The van der Waals surface area contributed by atoms with Gasteiger partial charge in [0.2, 0.25) is 0 Å². The summed E-state index contributed by atoms with van der Waals surface area (Å²) in [6.07, 6.45) is 2.05. The van der Waals surface area contributed by atoms with E-state index in [-0.39, 0.29) is 5.91 Å². The first-order valence-electron chi connectivity index (χ1n) is 6.35. The van der Waals surface area contributed by atoms with Crippen molar-refractivity contribution in [2.45, 2.75) is 6.42 Å². The van der Waals surface area contributed by atoms with Crippen molar-refractivity contribution in [3.8, 4) is 11.5 Å². The van der Waals surface area contributed by atoms with Gasteiger partial charge in [-0.25, -0.2) is 4.98 Å². The molecule has 20 heavy (non-hydrogen) atoms. The topological polar surface area (TPSA) is 89.1 Å². The predicted octanol–water partition coefficient (Wildman–Crippen LogP) is 0.548. The van der Waals surface area contributed by atoms with Gasteiger partial charge < -0.3 is 14.8 Å². The molecule has 7 nitrogen and oxygen atoms in total. The van der Waals surface area contributed by atoms with Gasteiger partial charge in [-0.15, -0.1) is 0 Å². The van der Waals surface area contributed by atoms with E-state index < -0.39 is 0 Å². The molecular formula is C13H14N4O3. The Kier molecular flexibility index (Phi) is 3.49. The average molecular weight is 274 g/mol. The lowest BCUT2D eigenvalue weighted by Crippen LogP contribution is -2.26. The maximum atomic E-state index is 12.0. The van der Waals surface area contributed by atoms with Crippen molar-refractivity contribution in [1.82, 2.24) is 20.5 Å². The van der Waals surface area contributed by atoms with Crippen LogP contribution in [0.15, 0.2) is 24.5 Å². The summed E-state index contributed by atoms with van der Waals surface area (Å²) >= 11 is 0. The lowest BCUT2D eigenvalue weighted by atomic mass is 10.2. The lowest BCUT2D eigenvalue weighted by Gasteiger charge is -2.18. The maximum Gasteiger partial charge on any atom is 0.251 e. The van der Waals surface area contributed by atoms with E-state index in [1.807, 2.05) is 0 Å². The first-order valence-corrected chi connectivity index (χ1v) is 6.35. The summed E-state index contributed by atoms with van der Waals surface area (Å²) in [6, 6.07) is 5.16. The zero-order valence-electron chi connectivity index (χ0n) is 10.8. The molecule has 2 aromatic rings. The molecule has 2 N–H and O–H groups in total. The van der Waals surface area contributed by atoms with Gasteiger partial charge in [0.1, 0.15) is 25.4 Å². The highest BCUT2D eigenvalue weighted by molar-refractivity contribution is 5.94. The molecule has 0 aliphatic carbocycles. The number of hydrogen-bond donors (Lipinski definition) is 2. The Hall–Kier alpha value is -2.57. The van der Waals surface area contributed by atoms with Crippen molar-refractivity contribution in [1.29, 1.82) is 0 Å². The Morgan fingerprint density at radius 2 is 2.15 bits per heavy atom. The summed E-state index contributed by atoms with van der Waals surface area (Å²) in [5, 5.41) is 9.31. The fourth-order valence-electron chi connectivity index (χ4n) is 1.93. The van der Waals surface area contributed by atoms with Crippen LogP contribution < -0.4 is 14.8 Å². The van der Waals surface area contributed by atoms with Crippen molar-refractivity contribution >= 4 is 5.91 Å². The molecule has 2 heterocycles. The summed E-state index contributed by atoms with van der Waals surface area (Å²) in [6.45, 7) is 1.53. The molecule has 0 saturated heterocycles. The van der Waals surface area contributed by atoms with Gasteiger partial charge in [0, 0.05) is 18.5 Å². The van der Waals surface area contributed by atoms with E-state index in [9.17, 15) is 4.79 Å². The van der Waals surface area contributed by atoms with Crippen molar-refractivity contribution in [2.24, 2.45) is 0 Å². The minimum atomic E-state index is -0.151. The monoisotopic (exact) mass is 274 g/mol. The van der Waals surface area contributed by atoms with Gasteiger partial charge in [-0.05, 0) is 18.2 Å². The number of hydrogen-bond acceptors (Lipinski definition) is 5. The third-order valence-corrected chi connectivity index (χ3v) is 2.92. The molecule has 1 aromatic heterocycles. The highest BCUT2D eigenvalue weighted by Crippen LogP contribution is 2.30. The molecule has 1 aromatic carbocycles. The molecule has 3 rings (SSSR count). The molecule has 0 fully saturated rings. The van der Waals surface area contributed by atoms with Crippen LogP contribution in [0.2, 0.25) is 0 Å². The number of amides is 1. The minimum absolute atomic E-state index is 0.151. The quantitative estimate of drug-likeness (QED) is 0.849. The van der Waals surface area contributed by atoms with Gasteiger partial charge in [-0.2, -0.15) is 5.10 Å². The van der Waals surface area contributed by atoms with Crippen LogP contribution in [0, 0.1) is 0 Å². The van der Waals surface area contributed by atoms with Crippen LogP contribution in [0.5, 0.6) is 11.5 Å². The second-order valence-corrected chi connectivity index (χ2v) is 4.30. The number of aromatic nitrogens is 3. The van der Waals surface area contributed by atoms with E-state index >= 15 is 0 Å². The number of nitrogens with zero attached hydrogens (tertiary/aromatic N) is 2. The molecule has 0 atom stereocenters. The van der Waals surface area contributed by atoms with Crippen LogP contribution in [-0.4, -0.2) is 40.8 Å². The summed E-state index contributed by atoms with van der Waals surface area (Å²) in [5.74, 6) is 1.88. The Morgan fingerprint density at radius 1 is 1.30 bits per heavy atom. The largest absolute Gasteiger partial charge is 0.486 e. The Morgan fingerprint density at radius 3 is 2.95 bits per heavy atom. The molecule has 7 heteroatoms. The number of carbonyl (C=O) groups is 1. The first kappa shape index (κ1) is 12.5. The molecule has 1 aliphatic heterocycles. The summed E-state index contributed by atoms with van der Waals surface area (Å²) in [4.78, 5) is 16.0. The predicted molar refractivity (Wildman–Crippen MR) is 69.9 cm³/mol. The Balaban J connectivity index is 1.59. The van der Waals surface area contributed by atoms with Crippen LogP contribution in [-0.2, 0) is 6.42 Å². The van der Waals surface area contributed by atoms with Gasteiger partial charge >= 0.3 is 0 Å². The Bertz CT molecular complexity index is 598. The van der Waals surface area contributed by atoms with E-state index in [1.54, 1.807) is 18.2 Å². The van der Waals surface area contributed by atoms with Crippen molar-refractivity contribution in [2.75, 3.05) is 19.8 Å². The second-order valence-electron chi connectivity index (χ2n) is 4.30. The zero-order valence-corrected chi connectivity index (χ0v) is 10.8. The van der Waals surface area contributed by atoms with Crippen molar-refractivity contribution < 1.29 is 14.3 Å². The van der Waals surface area contributed by atoms with Gasteiger partial charge in [0.25, 0.3) is 5.91 Å². The Labute approximate surface area is 115 Å². The molecule has 0 unspecified atom stereocenters. The fourth-order valence-corrected chi connectivity index (χ4v) is 1.93. The molecule has 0 bridgehead atoms. The third kappa shape index (κ3) is 2.71. The highest BCUT2D eigenvalue weighted by atomic mass is 16.6. The van der Waals surface area contributed by atoms with Crippen LogP contribution in [0.1, 0.15) is 16.2 Å². The van der Waals surface area contributed by atoms with Gasteiger partial charge in [0.05, 0.1) is 0 Å². The smallest absolute Gasteiger partial charge is 0.251 e. The van der Waals surface area contributed by atoms with Gasteiger partial charge in [-0.3, -0.25) is 9.89 Å². The number of fused-ring (bicyclic) bond motifs is 1. The molecule has 0 spiro atoms. The van der Waals surface area contributed by atoms with E-state index in [0.717, 1.165) is 5.82 Å². The van der Waals surface area contributed by atoms with E-state index in [0.29, 0.717) is 43.2 Å². The number of benzene rings is 1. The van der Waals surface area contributed by atoms with Crippen LogP contribution >= 0.6 is 0 Å². The first-order chi connectivity index (χ1) is 9.83. The molecule has 104 valence electrons.